The van der Waals surface area contributed by atoms with E-state index in [1.807, 2.05) is 13.8 Å². The highest BCUT2D eigenvalue weighted by atomic mass is 28.1. The number of hydrogen-bond acceptors (Lipinski definition) is 1. The monoisotopic (exact) mass is 146 g/mol. The smallest absolute Gasteiger partial charge is 0.305 e. The first-order chi connectivity index (χ1) is 3.89. The molecule has 0 aliphatic rings. The second-order valence-corrected chi connectivity index (χ2v) is 5.26. The fourth-order valence-corrected chi connectivity index (χ4v) is 0.247. The lowest BCUT2D eigenvalue weighted by atomic mass is 9.97. The van der Waals surface area contributed by atoms with E-state index in [0.29, 0.717) is 0 Å². The molecule has 54 valence electrons. The highest BCUT2D eigenvalue weighted by molar-refractivity contribution is 6.26. The zero-order valence-electron chi connectivity index (χ0n) is 6.43. The Bertz CT molecular complexity index is 118. The van der Waals surface area contributed by atoms with Crippen molar-refractivity contribution in [3.63, 3.8) is 0 Å². The lowest BCUT2D eigenvalue weighted by molar-refractivity contribution is -0.141. The molecule has 0 heterocycles. The molecule has 0 fully saturated rings. The molecule has 1 unspecified atom stereocenters. The Balaban J connectivity index is 4.19. The van der Waals surface area contributed by atoms with Crippen LogP contribution in [0.15, 0.2) is 0 Å². The van der Waals surface area contributed by atoms with E-state index in [9.17, 15) is 4.79 Å². The number of carboxylic acids is 1. The number of carbonyl (C=O) groups is 1. The maximum Gasteiger partial charge on any atom is 0.305 e. The summed E-state index contributed by atoms with van der Waals surface area (Å²) in [5.41, 5.74) is 0. The van der Waals surface area contributed by atoms with Gasteiger partial charge in [0.15, 0.2) is 0 Å². The highest BCUT2D eigenvalue weighted by Crippen LogP contribution is 2.30. The molecule has 0 bridgehead atoms. The van der Waals surface area contributed by atoms with Crippen LogP contribution in [0.5, 0.6) is 0 Å². The Labute approximate surface area is 58.7 Å². The lowest BCUT2D eigenvalue weighted by Crippen LogP contribution is -2.25. The fourth-order valence-electron chi connectivity index (χ4n) is 0.247. The molecule has 0 aromatic rings. The molecule has 0 aliphatic carbocycles. The van der Waals surface area contributed by atoms with E-state index < -0.39 is 11.0 Å². The molecule has 0 saturated carbocycles. The lowest BCUT2D eigenvalue weighted by Gasteiger charge is -2.23. The van der Waals surface area contributed by atoms with Crippen molar-refractivity contribution in [3.8, 4) is 0 Å². The van der Waals surface area contributed by atoms with Crippen molar-refractivity contribution in [1.82, 2.24) is 0 Å². The van der Waals surface area contributed by atoms with Gasteiger partial charge in [0.05, 0.1) is 5.04 Å². The molecule has 0 aliphatic heterocycles. The van der Waals surface area contributed by atoms with E-state index in [4.69, 9.17) is 5.11 Å². The predicted molar refractivity (Wildman–Crippen MR) is 40.8 cm³/mol. The van der Waals surface area contributed by atoms with Crippen molar-refractivity contribution in [3.05, 3.63) is 0 Å². The third-order valence-corrected chi connectivity index (χ3v) is 3.58. The Hall–Kier alpha value is -0.313. The van der Waals surface area contributed by atoms with Gasteiger partial charge in [-0.15, -0.1) is 0 Å². The number of carboxylic acid groups (broad SMARTS) is 1. The van der Waals surface area contributed by atoms with E-state index in [1.54, 1.807) is 6.92 Å². The van der Waals surface area contributed by atoms with E-state index in [0.717, 1.165) is 10.2 Å². The molecular weight excluding hydrogens is 132 g/mol. The van der Waals surface area contributed by atoms with Crippen molar-refractivity contribution in [1.29, 1.82) is 0 Å². The van der Waals surface area contributed by atoms with Gasteiger partial charge >= 0.3 is 5.97 Å². The average molecular weight is 146 g/mol. The van der Waals surface area contributed by atoms with Crippen LogP contribution in [0.25, 0.3) is 0 Å². The van der Waals surface area contributed by atoms with Crippen LogP contribution in [-0.2, 0) is 4.79 Å². The number of aliphatic carboxylic acids is 1. The first-order valence-corrected chi connectivity index (χ1v) is 4.12. The topological polar surface area (TPSA) is 37.3 Å². The molecule has 2 nitrogen and oxygen atoms in total. The fraction of sp³-hybridized carbons (Fsp3) is 0.833. The van der Waals surface area contributed by atoms with Gasteiger partial charge in [-0.2, -0.15) is 0 Å². The molecule has 1 atom stereocenters. The Kier molecular flexibility index (Phi) is 2.43. The summed E-state index contributed by atoms with van der Waals surface area (Å²) in [5, 5.41) is 8.20. The Morgan fingerprint density at radius 3 is 2.00 bits per heavy atom. The summed E-state index contributed by atoms with van der Waals surface area (Å²) in [5.74, 6) is -0.411. The van der Waals surface area contributed by atoms with Gasteiger partial charge in [-0.05, 0) is 5.92 Å². The van der Waals surface area contributed by atoms with Crippen LogP contribution in [0.3, 0.4) is 0 Å². The average Bonchev–Trinajstić information content (AvgIpc) is 1.65. The number of rotatable bonds is 2. The van der Waals surface area contributed by atoms with Crippen molar-refractivity contribution < 1.29 is 9.90 Å². The van der Waals surface area contributed by atoms with E-state index in [1.165, 1.54) is 0 Å². The third-order valence-electron chi connectivity index (χ3n) is 1.99. The van der Waals surface area contributed by atoms with Gasteiger partial charge < -0.3 is 5.11 Å². The van der Waals surface area contributed by atoms with Gasteiger partial charge in [0.2, 0.25) is 0 Å². The summed E-state index contributed by atoms with van der Waals surface area (Å²) in [6, 6.07) is 0. The minimum Gasteiger partial charge on any atom is -0.481 e. The van der Waals surface area contributed by atoms with Crippen LogP contribution in [0.1, 0.15) is 20.8 Å². The van der Waals surface area contributed by atoms with Gasteiger partial charge in [-0.3, -0.25) is 4.79 Å². The maximum atomic E-state index is 10.5. The largest absolute Gasteiger partial charge is 0.481 e. The van der Waals surface area contributed by atoms with Gasteiger partial charge in [0.1, 0.15) is 0 Å². The van der Waals surface area contributed by atoms with Crippen molar-refractivity contribution >= 4 is 16.2 Å². The first-order valence-electron chi connectivity index (χ1n) is 3.12. The van der Waals surface area contributed by atoms with E-state index in [-0.39, 0.29) is 5.92 Å². The van der Waals surface area contributed by atoms with Gasteiger partial charge in [0, 0.05) is 10.2 Å². The molecule has 3 heteroatoms. The van der Waals surface area contributed by atoms with Crippen molar-refractivity contribution in [2.45, 2.75) is 25.8 Å². The third kappa shape index (κ3) is 1.82. The number of hydrogen-bond donors (Lipinski definition) is 1. The highest BCUT2D eigenvalue weighted by Gasteiger charge is 2.30. The van der Waals surface area contributed by atoms with Crippen LogP contribution in [0.4, 0.5) is 0 Å². The first kappa shape index (κ1) is 8.69. The zero-order chi connectivity index (χ0) is 7.65. The summed E-state index contributed by atoms with van der Waals surface area (Å²) in [4.78, 5) is 10.5. The molecule has 0 aromatic heterocycles. The Morgan fingerprint density at radius 2 is 2.00 bits per heavy atom. The molecular formula is C6H14O2Si. The maximum absolute atomic E-state index is 10.5. The summed E-state index contributed by atoms with van der Waals surface area (Å²) >= 11 is 0. The van der Waals surface area contributed by atoms with Crippen molar-refractivity contribution in [2.24, 2.45) is 5.92 Å². The molecule has 0 spiro atoms. The van der Waals surface area contributed by atoms with Crippen molar-refractivity contribution in [2.75, 3.05) is 0 Å². The zero-order valence-corrected chi connectivity index (χ0v) is 8.43. The normalized spacial score (nSPS) is 17.8. The minimum atomic E-state index is -0.663. The predicted octanol–water partition coefficient (Wildman–Crippen LogP) is 0.271. The van der Waals surface area contributed by atoms with Crippen LogP contribution < -0.4 is 0 Å². The van der Waals surface area contributed by atoms with Gasteiger partial charge in [0.25, 0.3) is 0 Å². The molecule has 0 amide bonds. The summed E-state index contributed by atoms with van der Waals surface area (Å²) in [6.07, 6.45) is 0. The Morgan fingerprint density at radius 1 is 1.67 bits per heavy atom. The summed E-state index contributed by atoms with van der Waals surface area (Å²) in [6.45, 7) is 5.69. The van der Waals surface area contributed by atoms with Gasteiger partial charge in [-0.25, -0.2) is 0 Å². The molecule has 0 radical (unpaired) electrons. The quantitative estimate of drug-likeness (QED) is 0.568. The molecule has 0 aromatic carbocycles. The van der Waals surface area contributed by atoms with Crippen LogP contribution in [0.2, 0.25) is 5.04 Å². The van der Waals surface area contributed by atoms with Crippen LogP contribution in [-0.4, -0.2) is 21.3 Å². The van der Waals surface area contributed by atoms with Crippen LogP contribution in [0, 0.1) is 5.92 Å². The summed E-state index contributed by atoms with van der Waals surface area (Å²) in [7, 11) is 0.718. The SMILES string of the molecule is CC(C)C(C)([SiH3])C(=O)O. The molecule has 9 heavy (non-hydrogen) atoms. The molecule has 0 rings (SSSR count). The van der Waals surface area contributed by atoms with E-state index >= 15 is 0 Å². The molecule has 0 saturated heterocycles. The van der Waals surface area contributed by atoms with Gasteiger partial charge in [-0.1, -0.05) is 20.8 Å². The second kappa shape index (κ2) is 2.52. The minimum absolute atomic E-state index is 0.252. The van der Waals surface area contributed by atoms with E-state index in [2.05, 4.69) is 0 Å². The van der Waals surface area contributed by atoms with Crippen LogP contribution >= 0.6 is 0 Å². The standard InChI is InChI=1S/C6H14O2Si/c1-4(2)6(3,9)5(7)8/h4H,1-3,9H3,(H,7,8). The second-order valence-electron chi connectivity index (χ2n) is 3.18. The summed E-state index contributed by atoms with van der Waals surface area (Å²) < 4.78 is 0. The molecule has 1 N–H and O–H groups in total.